The fourth-order valence-corrected chi connectivity index (χ4v) is 4.89. The molecule has 0 aromatic heterocycles. The minimum atomic E-state index is -4.15. The average Bonchev–Trinajstić information content (AvgIpc) is 2.67. The number of rotatable bonds is 22. The summed E-state index contributed by atoms with van der Waals surface area (Å²) >= 11 is 0. The average molecular weight is 457 g/mol. The van der Waals surface area contributed by atoms with Crippen LogP contribution in [0.15, 0.2) is 0 Å². The third kappa shape index (κ3) is 22.1. The van der Waals surface area contributed by atoms with E-state index >= 15 is 0 Å². The van der Waals surface area contributed by atoms with Crippen LogP contribution in [0.25, 0.3) is 0 Å². The third-order valence-electron chi connectivity index (χ3n) is 5.99. The quantitative estimate of drug-likeness (QED) is 0.151. The van der Waals surface area contributed by atoms with E-state index in [-0.39, 0.29) is 35.7 Å². The van der Waals surface area contributed by atoms with Gasteiger partial charge in [0.15, 0.2) is 0 Å². The first-order chi connectivity index (χ1) is 13.9. The van der Waals surface area contributed by atoms with Crippen molar-refractivity contribution < 1.29 is 47.6 Å². The predicted octanol–water partition coefficient (Wildman–Crippen LogP) is 4.11. The van der Waals surface area contributed by atoms with Crippen molar-refractivity contribution in [1.82, 2.24) is 0 Å². The molecule has 0 saturated carbocycles. The molecule has 0 saturated heterocycles. The summed E-state index contributed by atoms with van der Waals surface area (Å²) in [6.45, 7) is 4.26. The Bertz CT molecular complexity index is 442. The van der Waals surface area contributed by atoms with E-state index in [1.165, 1.54) is 51.4 Å². The Kier molecular flexibility index (Phi) is 25.4. The molecule has 2 unspecified atom stereocenters. The Morgan fingerprint density at radius 3 is 1.33 bits per heavy atom. The smallest absolute Gasteiger partial charge is 0.748 e. The molecule has 6 heteroatoms. The number of unbranched alkanes of at least 4 members (excludes halogenated alkanes) is 13. The molecular weight excluding hydrogens is 407 g/mol. The van der Waals surface area contributed by atoms with Gasteiger partial charge in [0.05, 0.1) is 16.2 Å². The molecule has 30 heavy (non-hydrogen) atoms. The summed E-state index contributed by atoms with van der Waals surface area (Å²) in [5.41, 5.74) is 0. The maximum atomic E-state index is 11.3. The van der Waals surface area contributed by atoms with Crippen LogP contribution < -0.4 is 29.6 Å². The predicted molar refractivity (Wildman–Crippen MR) is 123 cm³/mol. The van der Waals surface area contributed by atoms with Crippen LogP contribution in [0, 0.1) is 0 Å². The Labute approximate surface area is 210 Å². The Balaban J connectivity index is 0. The molecule has 0 spiro atoms. The van der Waals surface area contributed by atoms with Crippen molar-refractivity contribution in [3.63, 3.8) is 0 Å². The molecule has 1 N–H and O–H groups in total. The van der Waals surface area contributed by atoms with Crippen LogP contribution in [0.1, 0.15) is 142 Å². The molecule has 0 amide bonds. The van der Waals surface area contributed by atoms with Gasteiger partial charge in [-0.2, -0.15) is 0 Å². The van der Waals surface area contributed by atoms with E-state index in [9.17, 15) is 18.1 Å². The van der Waals surface area contributed by atoms with Gasteiger partial charge in [0.1, 0.15) is 0 Å². The normalized spacial score (nSPS) is 13.7. The standard InChI is InChI=1S/C24H50O4S.Na/c1-3-5-7-8-9-10-11-13-16-19-23(25)20-17-14-12-15-18-22-24(21-6-4-2)29(26,27)28;/h23-25H,3-22H2,1-2H3,(H,26,27,28);/q;+1/p-1. The van der Waals surface area contributed by atoms with Crippen molar-refractivity contribution in [2.75, 3.05) is 0 Å². The van der Waals surface area contributed by atoms with E-state index in [0.29, 0.717) is 12.8 Å². The molecule has 2 atom stereocenters. The minimum Gasteiger partial charge on any atom is -0.748 e. The van der Waals surface area contributed by atoms with Crippen molar-refractivity contribution >= 4 is 10.1 Å². The third-order valence-corrected chi connectivity index (χ3v) is 7.28. The molecule has 0 bridgehead atoms. The second kappa shape index (κ2) is 23.0. The molecule has 0 aliphatic rings. The first-order valence-electron chi connectivity index (χ1n) is 12.5. The van der Waals surface area contributed by atoms with E-state index in [4.69, 9.17) is 0 Å². The van der Waals surface area contributed by atoms with Gasteiger partial charge in [-0.15, -0.1) is 0 Å². The van der Waals surface area contributed by atoms with Crippen LogP contribution >= 0.6 is 0 Å². The molecule has 0 aliphatic carbocycles. The summed E-state index contributed by atoms with van der Waals surface area (Å²) in [6, 6.07) is 0. The summed E-state index contributed by atoms with van der Waals surface area (Å²) in [6.07, 6.45) is 21.2. The van der Waals surface area contributed by atoms with Crippen molar-refractivity contribution in [2.45, 2.75) is 154 Å². The minimum absolute atomic E-state index is 0. The topological polar surface area (TPSA) is 77.4 Å². The monoisotopic (exact) mass is 456 g/mol. The summed E-state index contributed by atoms with van der Waals surface area (Å²) in [7, 11) is -4.15. The fraction of sp³-hybridized carbons (Fsp3) is 1.00. The molecular formula is C24H49NaO4S. The SMILES string of the molecule is CCCCCCCCCCCC(O)CCCCCCCC(CCCC)S(=O)(=O)[O-].[Na+]. The van der Waals surface area contributed by atoms with Crippen LogP contribution in [0.2, 0.25) is 0 Å². The molecule has 0 aromatic rings. The van der Waals surface area contributed by atoms with E-state index < -0.39 is 15.4 Å². The molecule has 0 rings (SSSR count). The van der Waals surface area contributed by atoms with Crippen LogP contribution in [0.4, 0.5) is 0 Å². The second-order valence-corrected chi connectivity index (χ2v) is 10.5. The maximum Gasteiger partial charge on any atom is 1.00 e. The zero-order chi connectivity index (χ0) is 21.8. The van der Waals surface area contributed by atoms with Crippen LogP contribution in [0.3, 0.4) is 0 Å². The Morgan fingerprint density at radius 1 is 0.600 bits per heavy atom. The van der Waals surface area contributed by atoms with Gasteiger partial charge in [-0.1, -0.05) is 117 Å². The van der Waals surface area contributed by atoms with E-state index in [2.05, 4.69) is 6.92 Å². The molecule has 0 aliphatic heterocycles. The number of hydrogen-bond acceptors (Lipinski definition) is 4. The maximum absolute atomic E-state index is 11.3. The van der Waals surface area contributed by atoms with Gasteiger partial charge >= 0.3 is 29.6 Å². The number of aliphatic hydroxyl groups is 1. The van der Waals surface area contributed by atoms with Crippen LogP contribution in [-0.4, -0.2) is 29.4 Å². The molecule has 0 heterocycles. The van der Waals surface area contributed by atoms with Gasteiger partial charge < -0.3 is 9.66 Å². The van der Waals surface area contributed by atoms with E-state index in [1.807, 2.05) is 6.92 Å². The largest absolute Gasteiger partial charge is 1.00 e. The molecule has 176 valence electrons. The molecule has 0 fully saturated rings. The van der Waals surface area contributed by atoms with E-state index in [1.54, 1.807) is 0 Å². The molecule has 4 nitrogen and oxygen atoms in total. The summed E-state index contributed by atoms with van der Waals surface area (Å²) in [4.78, 5) is 0. The van der Waals surface area contributed by atoms with E-state index in [0.717, 1.165) is 64.2 Å². The summed E-state index contributed by atoms with van der Waals surface area (Å²) < 4.78 is 33.9. The fourth-order valence-electron chi connectivity index (χ4n) is 3.98. The van der Waals surface area contributed by atoms with Gasteiger partial charge in [0.2, 0.25) is 0 Å². The van der Waals surface area contributed by atoms with Gasteiger partial charge in [-0.05, 0) is 25.7 Å². The first kappa shape index (κ1) is 33.0. The Morgan fingerprint density at radius 2 is 0.933 bits per heavy atom. The second-order valence-electron chi connectivity index (χ2n) is 8.87. The summed E-state index contributed by atoms with van der Waals surface area (Å²) in [5.74, 6) is 0. The number of hydrogen-bond donors (Lipinski definition) is 1. The number of aliphatic hydroxyl groups excluding tert-OH is 1. The van der Waals surface area contributed by atoms with Crippen LogP contribution in [0.5, 0.6) is 0 Å². The Hall–Kier alpha value is 0.870. The molecule has 0 radical (unpaired) electrons. The van der Waals surface area contributed by atoms with Gasteiger partial charge in [-0.3, -0.25) is 0 Å². The van der Waals surface area contributed by atoms with Crippen molar-refractivity contribution in [3.05, 3.63) is 0 Å². The van der Waals surface area contributed by atoms with Gasteiger partial charge in [0.25, 0.3) is 0 Å². The zero-order valence-corrected chi connectivity index (χ0v) is 23.2. The van der Waals surface area contributed by atoms with Gasteiger partial charge in [-0.25, -0.2) is 8.42 Å². The van der Waals surface area contributed by atoms with Crippen molar-refractivity contribution in [2.24, 2.45) is 0 Å². The van der Waals surface area contributed by atoms with Crippen LogP contribution in [-0.2, 0) is 10.1 Å². The van der Waals surface area contributed by atoms with Gasteiger partial charge in [0, 0.05) is 5.25 Å². The summed E-state index contributed by atoms with van der Waals surface area (Å²) in [5, 5.41) is 9.40. The van der Waals surface area contributed by atoms with Crippen molar-refractivity contribution in [3.8, 4) is 0 Å². The molecule has 0 aromatic carbocycles. The van der Waals surface area contributed by atoms with Crippen molar-refractivity contribution in [1.29, 1.82) is 0 Å². The first-order valence-corrected chi connectivity index (χ1v) is 14.0. The zero-order valence-electron chi connectivity index (χ0n) is 20.4.